The monoisotopic (exact) mass is 318 g/mol. The highest BCUT2D eigenvalue weighted by Crippen LogP contribution is 2.25. The summed E-state index contributed by atoms with van der Waals surface area (Å²) in [5, 5.41) is 4.49. The second-order valence-corrected chi connectivity index (χ2v) is 4.72. The molecule has 0 saturated heterocycles. The highest BCUT2D eigenvalue weighted by atomic mass is 35.5. The van der Waals surface area contributed by atoms with Gasteiger partial charge < -0.3 is 9.47 Å². The molecule has 5 nitrogen and oxygen atoms in total. The van der Waals surface area contributed by atoms with Crippen LogP contribution in [0.1, 0.15) is 5.56 Å². The van der Waals surface area contributed by atoms with Gasteiger partial charge in [-0.2, -0.15) is 5.10 Å². The fourth-order valence-corrected chi connectivity index (χ4v) is 1.77. The molecule has 0 bridgehead atoms. The molecule has 0 fully saturated rings. The highest BCUT2D eigenvalue weighted by Gasteiger charge is 2.05. The average molecular weight is 319 g/mol. The normalized spacial score (nSPS) is 10.5. The molecule has 114 valence electrons. The lowest BCUT2D eigenvalue weighted by atomic mass is 10.2. The molecule has 1 amide bonds. The Bertz CT molecular complexity index is 657. The summed E-state index contributed by atoms with van der Waals surface area (Å²) in [6, 6.07) is 14.2. The van der Waals surface area contributed by atoms with Gasteiger partial charge >= 0.3 is 0 Å². The largest absolute Gasteiger partial charge is 0.493 e. The Hall–Kier alpha value is -2.53. The smallest absolute Gasteiger partial charge is 0.277 e. The van der Waals surface area contributed by atoms with Crippen molar-refractivity contribution in [1.29, 1.82) is 0 Å². The third-order valence-corrected chi connectivity index (χ3v) is 2.95. The molecule has 0 aliphatic carbocycles. The number of halogens is 1. The Kier molecular flexibility index (Phi) is 5.80. The number of nitrogens with one attached hydrogen (secondary N) is 1. The van der Waals surface area contributed by atoms with E-state index in [9.17, 15) is 4.79 Å². The number of hydrogen-bond acceptors (Lipinski definition) is 4. The van der Waals surface area contributed by atoms with Gasteiger partial charge in [0, 0.05) is 5.02 Å². The minimum Gasteiger partial charge on any atom is -0.493 e. The molecule has 0 heterocycles. The van der Waals surface area contributed by atoms with Crippen molar-refractivity contribution in [2.45, 2.75) is 0 Å². The number of amides is 1. The number of benzene rings is 2. The minimum atomic E-state index is -0.365. The Labute approximate surface area is 133 Å². The first kappa shape index (κ1) is 15.9. The van der Waals surface area contributed by atoms with E-state index in [-0.39, 0.29) is 12.5 Å². The molecule has 1 N–H and O–H groups in total. The maximum absolute atomic E-state index is 11.6. The maximum atomic E-state index is 11.6. The lowest BCUT2D eigenvalue weighted by Crippen LogP contribution is -2.24. The SMILES string of the molecule is COc1ccccc1OCC(=O)N/N=C/c1ccc(Cl)cc1. The van der Waals surface area contributed by atoms with Crippen molar-refractivity contribution in [2.24, 2.45) is 5.10 Å². The topological polar surface area (TPSA) is 59.9 Å². The minimum absolute atomic E-state index is 0.154. The lowest BCUT2D eigenvalue weighted by Gasteiger charge is -2.09. The van der Waals surface area contributed by atoms with Crippen molar-refractivity contribution in [2.75, 3.05) is 13.7 Å². The molecule has 2 rings (SSSR count). The van der Waals surface area contributed by atoms with E-state index in [1.807, 2.05) is 6.07 Å². The van der Waals surface area contributed by atoms with Crippen molar-refractivity contribution in [3.8, 4) is 11.5 Å². The Morgan fingerprint density at radius 1 is 1.18 bits per heavy atom. The number of nitrogens with zero attached hydrogens (tertiary/aromatic N) is 1. The summed E-state index contributed by atoms with van der Waals surface area (Å²) >= 11 is 5.78. The third-order valence-electron chi connectivity index (χ3n) is 2.70. The molecule has 6 heteroatoms. The van der Waals surface area contributed by atoms with Crippen molar-refractivity contribution < 1.29 is 14.3 Å². The summed E-state index contributed by atoms with van der Waals surface area (Å²) in [4.78, 5) is 11.6. The predicted molar refractivity (Wildman–Crippen MR) is 85.7 cm³/mol. The zero-order valence-corrected chi connectivity index (χ0v) is 12.7. The van der Waals surface area contributed by atoms with Crippen LogP contribution in [0, 0.1) is 0 Å². The van der Waals surface area contributed by atoms with Crippen molar-refractivity contribution in [3.63, 3.8) is 0 Å². The number of methoxy groups -OCH3 is 1. The van der Waals surface area contributed by atoms with E-state index in [0.717, 1.165) is 5.56 Å². The first-order valence-corrected chi connectivity index (χ1v) is 6.90. The van der Waals surface area contributed by atoms with Gasteiger partial charge in [0.1, 0.15) is 0 Å². The summed E-state index contributed by atoms with van der Waals surface area (Å²) in [6.45, 7) is -0.154. The summed E-state index contributed by atoms with van der Waals surface area (Å²) in [5.74, 6) is 0.706. The Balaban J connectivity index is 1.82. The fraction of sp³-hybridized carbons (Fsp3) is 0.125. The van der Waals surface area contributed by atoms with Crippen molar-refractivity contribution >= 4 is 23.7 Å². The third kappa shape index (κ3) is 4.79. The molecule has 2 aromatic carbocycles. The standard InChI is InChI=1S/C16H15ClN2O3/c1-21-14-4-2-3-5-15(14)22-11-16(20)19-18-10-12-6-8-13(17)9-7-12/h2-10H,11H2,1H3,(H,19,20)/b18-10+. The number of ether oxygens (including phenoxy) is 2. The number of carbonyl (C=O) groups excluding carboxylic acids is 1. The molecule has 0 atom stereocenters. The van der Waals surface area contributed by atoms with Crippen LogP contribution in [-0.4, -0.2) is 25.8 Å². The number of carbonyl (C=O) groups is 1. The van der Waals surface area contributed by atoms with Gasteiger partial charge in [-0.15, -0.1) is 0 Å². The highest BCUT2D eigenvalue weighted by molar-refractivity contribution is 6.30. The number of hydrogen-bond donors (Lipinski definition) is 1. The zero-order chi connectivity index (χ0) is 15.8. The average Bonchev–Trinajstić information content (AvgIpc) is 2.55. The Morgan fingerprint density at radius 2 is 1.86 bits per heavy atom. The van der Waals surface area contributed by atoms with Gasteiger partial charge in [0.15, 0.2) is 18.1 Å². The van der Waals surface area contributed by atoms with Gasteiger partial charge in [0.2, 0.25) is 0 Å². The molecule has 0 saturated carbocycles. The van der Waals surface area contributed by atoms with Gasteiger partial charge in [0.25, 0.3) is 5.91 Å². The van der Waals surface area contributed by atoms with E-state index >= 15 is 0 Å². The summed E-state index contributed by atoms with van der Waals surface area (Å²) in [6.07, 6.45) is 1.53. The second-order valence-electron chi connectivity index (χ2n) is 4.28. The van der Waals surface area contributed by atoms with Gasteiger partial charge in [-0.05, 0) is 29.8 Å². The van der Waals surface area contributed by atoms with Gasteiger partial charge in [0.05, 0.1) is 13.3 Å². The van der Waals surface area contributed by atoms with Crippen LogP contribution in [0.15, 0.2) is 53.6 Å². The van der Waals surface area contributed by atoms with E-state index in [2.05, 4.69) is 10.5 Å². The van der Waals surface area contributed by atoms with Gasteiger partial charge in [-0.25, -0.2) is 5.43 Å². The number of rotatable bonds is 6. The van der Waals surface area contributed by atoms with Crippen LogP contribution in [0.3, 0.4) is 0 Å². The quantitative estimate of drug-likeness (QED) is 0.658. The summed E-state index contributed by atoms with van der Waals surface area (Å²) in [5.41, 5.74) is 3.21. The van der Waals surface area contributed by atoms with E-state index < -0.39 is 0 Å². The molecule has 0 unspecified atom stereocenters. The molecule has 0 radical (unpaired) electrons. The second kappa shape index (κ2) is 8.05. The first-order chi connectivity index (χ1) is 10.7. The molecular formula is C16H15ClN2O3. The number of hydrazone groups is 1. The first-order valence-electron chi connectivity index (χ1n) is 6.52. The molecular weight excluding hydrogens is 304 g/mol. The van der Waals surface area contributed by atoms with E-state index in [1.54, 1.807) is 49.6 Å². The number of para-hydroxylation sites is 2. The molecule has 0 aliphatic heterocycles. The molecule has 0 spiro atoms. The molecule has 0 aromatic heterocycles. The summed E-state index contributed by atoms with van der Waals surface area (Å²) < 4.78 is 10.5. The van der Waals surface area contributed by atoms with E-state index in [4.69, 9.17) is 21.1 Å². The lowest BCUT2D eigenvalue weighted by molar-refractivity contribution is -0.123. The van der Waals surface area contributed by atoms with Crippen LogP contribution in [0.2, 0.25) is 5.02 Å². The van der Waals surface area contributed by atoms with Crippen LogP contribution in [0.5, 0.6) is 11.5 Å². The van der Waals surface area contributed by atoms with Crippen molar-refractivity contribution in [3.05, 3.63) is 59.1 Å². The van der Waals surface area contributed by atoms with Gasteiger partial charge in [-0.1, -0.05) is 35.9 Å². The van der Waals surface area contributed by atoms with Crippen LogP contribution < -0.4 is 14.9 Å². The van der Waals surface area contributed by atoms with Crippen LogP contribution in [0.25, 0.3) is 0 Å². The Morgan fingerprint density at radius 3 is 2.55 bits per heavy atom. The zero-order valence-electron chi connectivity index (χ0n) is 12.0. The van der Waals surface area contributed by atoms with E-state index in [0.29, 0.717) is 16.5 Å². The molecule has 2 aromatic rings. The predicted octanol–water partition coefficient (Wildman–Crippen LogP) is 2.88. The summed E-state index contributed by atoms with van der Waals surface area (Å²) in [7, 11) is 1.54. The van der Waals surface area contributed by atoms with E-state index in [1.165, 1.54) is 6.21 Å². The van der Waals surface area contributed by atoms with Crippen LogP contribution in [-0.2, 0) is 4.79 Å². The van der Waals surface area contributed by atoms with Crippen LogP contribution in [0.4, 0.5) is 0 Å². The van der Waals surface area contributed by atoms with Crippen LogP contribution >= 0.6 is 11.6 Å². The maximum Gasteiger partial charge on any atom is 0.277 e. The fourth-order valence-electron chi connectivity index (χ4n) is 1.64. The molecule has 22 heavy (non-hydrogen) atoms. The van der Waals surface area contributed by atoms with Gasteiger partial charge in [-0.3, -0.25) is 4.79 Å². The van der Waals surface area contributed by atoms with Crippen molar-refractivity contribution in [1.82, 2.24) is 5.43 Å². The molecule has 0 aliphatic rings.